The summed E-state index contributed by atoms with van der Waals surface area (Å²) in [5.74, 6) is 1.53. The second-order valence-electron chi connectivity index (χ2n) is 7.38. The highest BCUT2D eigenvalue weighted by molar-refractivity contribution is 5.19. The number of hydrogen-bond donors (Lipinski definition) is 0. The Morgan fingerprint density at radius 1 is 1.00 bits per heavy atom. The van der Waals surface area contributed by atoms with Crippen LogP contribution in [0.15, 0.2) is 30.3 Å². The van der Waals surface area contributed by atoms with Crippen LogP contribution in [0.3, 0.4) is 0 Å². The summed E-state index contributed by atoms with van der Waals surface area (Å²) in [5.41, 5.74) is 1.55. The Kier molecular flexibility index (Phi) is 8.25. The molecule has 0 spiro atoms. The van der Waals surface area contributed by atoms with Crippen LogP contribution in [0.1, 0.15) is 57.4 Å². The van der Waals surface area contributed by atoms with Gasteiger partial charge in [-0.3, -0.25) is 0 Å². The van der Waals surface area contributed by atoms with Crippen molar-refractivity contribution in [2.75, 3.05) is 26.7 Å². The monoisotopic (exact) mass is 401 g/mol. The van der Waals surface area contributed by atoms with E-state index < -0.39 is 0 Å². The fourth-order valence-corrected chi connectivity index (χ4v) is 3.68. The topological polar surface area (TPSA) is 0 Å². The first-order valence-electron chi connectivity index (χ1n) is 8.47. The standard InChI is InChI=1S/C19H32N.HI/c1-17(2)16-19(18-10-6-4-7-11-18)12-15-20(3)13-8-5-9-14-20;/h4,6-7,10-11,17,19H,5,8-9,12-16H2,1-3H3;1H/q+1;/p-1. The van der Waals surface area contributed by atoms with E-state index >= 15 is 0 Å². The molecule has 1 unspecified atom stereocenters. The van der Waals surface area contributed by atoms with Gasteiger partial charge in [-0.15, -0.1) is 0 Å². The molecule has 0 N–H and O–H groups in total. The molecule has 120 valence electrons. The SMILES string of the molecule is CC(C)CC(CC[N+]1(C)CCCCC1)c1ccccc1.[I-]. The number of likely N-dealkylation sites (tertiary alicyclic amines) is 1. The van der Waals surface area contributed by atoms with E-state index in [1.54, 1.807) is 5.56 Å². The van der Waals surface area contributed by atoms with E-state index in [-0.39, 0.29) is 24.0 Å². The normalized spacial score (nSPS) is 19.0. The van der Waals surface area contributed by atoms with Crippen molar-refractivity contribution in [1.29, 1.82) is 0 Å². The molecule has 1 nitrogen and oxygen atoms in total. The Labute approximate surface area is 148 Å². The van der Waals surface area contributed by atoms with Crippen molar-refractivity contribution >= 4 is 0 Å². The van der Waals surface area contributed by atoms with Gasteiger partial charge in [-0.25, -0.2) is 0 Å². The minimum absolute atomic E-state index is 0. The molecule has 0 saturated carbocycles. The summed E-state index contributed by atoms with van der Waals surface area (Å²) in [7, 11) is 2.47. The van der Waals surface area contributed by atoms with E-state index in [4.69, 9.17) is 0 Å². The zero-order valence-corrected chi connectivity index (χ0v) is 16.2. The van der Waals surface area contributed by atoms with Crippen molar-refractivity contribution in [3.8, 4) is 0 Å². The van der Waals surface area contributed by atoms with Crippen LogP contribution in [0.4, 0.5) is 0 Å². The van der Waals surface area contributed by atoms with Gasteiger partial charge in [0.1, 0.15) is 0 Å². The van der Waals surface area contributed by atoms with E-state index in [0.29, 0.717) is 0 Å². The van der Waals surface area contributed by atoms with Gasteiger partial charge in [0.15, 0.2) is 0 Å². The van der Waals surface area contributed by atoms with E-state index in [1.807, 2.05) is 0 Å². The molecule has 1 heterocycles. The van der Waals surface area contributed by atoms with Crippen molar-refractivity contribution < 1.29 is 28.5 Å². The molecule has 21 heavy (non-hydrogen) atoms. The summed E-state index contributed by atoms with van der Waals surface area (Å²) in [6, 6.07) is 11.2. The van der Waals surface area contributed by atoms with Crippen molar-refractivity contribution in [1.82, 2.24) is 0 Å². The summed E-state index contributed by atoms with van der Waals surface area (Å²) in [5, 5.41) is 0. The van der Waals surface area contributed by atoms with E-state index in [1.165, 1.54) is 56.2 Å². The molecule has 2 heteroatoms. The third-order valence-corrected chi connectivity index (χ3v) is 4.94. The average molecular weight is 401 g/mol. The highest BCUT2D eigenvalue weighted by Crippen LogP contribution is 2.29. The van der Waals surface area contributed by atoms with E-state index in [9.17, 15) is 0 Å². The number of piperidine rings is 1. The molecule has 2 rings (SSSR count). The maximum Gasteiger partial charge on any atom is 0.0790 e. The summed E-state index contributed by atoms with van der Waals surface area (Å²) in [6.07, 6.45) is 6.97. The van der Waals surface area contributed by atoms with Crippen molar-refractivity contribution in [2.45, 2.75) is 51.9 Å². The summed E-state index contributed by atoms with van der Waals surface area (Å²) in [4.78, 5) is 0. The number of hydrogen-bond acceptors (Lipinski definition) is 0. The van der Waals surface area contributed by atoms with Crippen molar-refractivity contribution in [3.05, 3.63) is 35.9 Å². The predicted molar refractivity (Wildman–Crippen MR) is 87.9 cm³/mol. The zero-order valence-electron chi connectivity index (χ0n) is 14.0. The summed E-state index contributed by atoms with van der Waals surface area (Å²) >= 11 is 0. The Bertz CT molecular complexity index is 382. The molecule has 0 aliphatic carbocycles. The van der Waals surface area contributed by atoms with Gasteiger partial charge in [-0.1, -0.05) is 44.2 Å². The second-order valence-corrected chi connectivity index (χ2v) is 7.38. The predicted octanol–water partition coefficient (Wildman–Crippen LogP) is 1.84. The molecule has 1 aliphatic heterocycles. The second kappa shape index (κ2) is 9.14. The third-order valence-electron chi connectivity index (χ3n) is 4.94. The van der Waals surface area contributed by atoms with Gasteiger partial charge < -0.3 is 28.5 Å². The van der Waals surface area contributed by atoms with Gasteiger partial charge in [0.2, 0.25) is 0 Å². The molecule has 1 fully saturated rings. The quantitative estimate of drug-likeness (QED) is 0.504. The molecule has 0 aromatic heterocycles. The fourth-order valence-electron chi connectivity index (χ4n) is 3.68. The van der Waals surface area contributed by atoms with Gasteiger partial charge in [-0.05, 0) is 43.1 Å². The lowest BCUT2D eigenvalue weighted by atomic mass is 9.87. The molecule has 1 aromatic rings. The highest BCUT2D eigenvalue weighted by atomic mass is 127. The number of benzene rings is 1. The van der Waals surface area contributed by atoms with Crippen molar-refractivity contribution in [3.63, 3.8) is 0 Å². The summed E-state index contributed by atoms with van der Waals surface area (Å²) in [6.45, 7) is 8.85. The molecule has 0 amide bonds. The molecule has 0 radical (unpaired) electrons. The Balaban J connectivity index is 0.00000220. The Morgan fingerprint density at radius 2 is 1.62 bits per heavy atom. The highest BCUT2D eigenvalue weighted by Gasteiger charge is 2.26. The molecule has 0 bridgehead atoms. The van der Waals surface area contributed by atoms with Crippen LogP contribution >= 0.6 is 0 Å². The number of quaternary nitrogens is 1. The maximum absolute atomic E-state index is 2.47. The first kappa shape index (κ1) is 19.0. The number of halogens is 1. The van der Waals surface area contributed by atoms with E-state index in [2.05, 4.69) is 51.2 Å². The van der Waals surface area contributed by atoms with E-state index in [0.717, 1.165) is 11.8 Å². The van der Waals surface area contributed by atoms with Crippen LogP contribution in [-0.4, -0.2) is 31.2 Å². The lowest BCUT2D eigenvalue weighted by Gasteiger charge is -2.39. The number of nitrogens with zero attached hydrogens (tertiary/aromatic N) is 1. The molecule has 1 atom stereocenters. The smallest absolute Gasteiger partial charge is 0.0790 e. The van der Waals surface area contributed by atoms with Gasteiger partial charge >= 0.3 is 0 Å². The van der Waals surface area contributed by atoms with Crippen LogP contribution in [0, 0.1) is 5.92 Å². The lowest BCUT2D eigenvalue weighted by molar-refractivity contribution is -0.914. The van der Waals surface area contributed by atoms with Crippen LogP contribution in [0.25, 0.3) is 0 Å². The van der Waals surface area contributed by atoms with Crippen LogP contribution in [0.5, 0.6) is 0 Å². The first-order valence-corrected chi connectivity index (χ1v) is 8.47. The molecule has 1 saturated heterocycles. The van der Waals surface area contributed by atoms with Gasteiger partial charge in [0.05, 0.1) is 26.7 Å². The average Bonchev–Trinajstić information content (AvgIpc) is 2.45. The minimum Gasteiger partial charge on any atom is -1.00 e. The Morgan fingerprint density at radius 3 is 2.19 bits per heavy atom. The van der Waals surface area contributed by atoms with Crippen LogP contribution in [0.2, 0.25) is 0 Å². The summed E-state index contributed by atoms with van der Waals surface area (Å²) < 4.78 is 1.31. The Hall–Kier alpha value is -0.0900. The number of rotatable bonds is 6. The van der Waals surface area contributed by atoms with Gasteiger partial charge in [0.25, 0.3) is 0 Å². The molecule has 1 aromatic carbocycles. The van der Waals surface area contributed by atoms with Crippen molar-refractivity contribution in [2.24, 2.45) is 5.92 Å². The van der Waals surface area contributed by atoms with Gasteiger partial charge in [-0.2, -0.15) is 0 Å². The molecular weight excluding hydrogens is 369 g/mol. The lowest BCUT2D eigenvalue weighted by Crippen LogP contribution is -3.00. The largest absolute Gasteiger partial charge is 1.00 e. The zero-order chi connectivity index (χ0) is 14.4. The molecular formula is C19H32IN. The fraction of sp³-hybridized carbons (Fsp3) is 0.684. The molecule has 1 aliphatic rings. The van der Waals surface area contributed by atoms with Gasteiger partial charge in [0, 0.05) is 6.42 Å². The third kappa shape index (κ3) is 6.27. The maximum atomic E-state index is 2.47. The first-order chi connectivity index (χ1) is 9.59. The van der Waals surface area contributed by atoms with Crippen LogP contribution in [-0.2, 0) is 0 Å². The minimum atomic E-state index is 0. The van der Waals surface area contributed by atoms with Crippen LogP contribution < -0.4 is 24.0 Å².